The highest BCUT2D eigenvalue weighted by Crippen LogP contribution is 2.13. The molecule has 82 valence electrons. The van der Waals surface area contributed by atoms with Gasteiger partial charge in [-0.2, -0.15) is 0 Å². The molecule has 4 heteroatoms. The van der Waals surface area contributed by atoms with Gasteiger partial charge in [-0.3, -0.25) is 4.79 Å². The average molecular weight is 212 g/mol. The highest BCUT2D eigenvalue weighted by molar-refractivity contribution is 5.70. The van der Waals surface area contributed by atoms with Crippen LogP contribution in [0.25, 0.3) is 0 Å². The van der Waals surface area contributed by atoms with Crippen LogP contribution in [0.3, 0.4) is 0 Å². The predicted molar refractivity (Wildman–Crippen MR) is 52.9 cm³/mol. The zero-order chi connectivity index (χ0) is 11.3. The lowest BCUT2D eigenvalue weighted by Gasteiger charge is -2.10. The highest BCUT2D eigenvalue weighted by Gasteiger charge is 2.16. The van der Waals surface area contributed by atoms with Gasteiger partial charge in [0.2, 0.25) is 0 Å². The van der Waals surface area contributed by atoms with Crippen LogP contribution in [0.5, 0.6) is 0 Å². The van der Waals surface area contributed by atoms with E-state index in [1.54, 1.807) is 12.1 Å². The molecular formula is C11H13FO3. The van der Waals surface area contributed by atoms with Crippen LogP contribution in [-0.2, 0) is 11.2 Å². The maximum absolute atomic E-state index is 12.6. The van der Waals surface area contributed by atoms with Crippen molar-refractivity contribution < 1.29 is 19.4 Å². The molecule has 0 aliphatic rings. The van der Waals surface area contributed by atoms with E-state index in [4.69, 9.17) is 10.2 Å². The molecule has 0 radical (unpaired) electrons. The molecule has 2 N–H and O–H groups in total. The molecule has 15 heavy (non-hydrogen) atoms. The second-order valence-electron chi connectivity index (χ2n) is 3.38. The lowest BCUT2D eigenvalue weighted by molar-refractivity contribution is -0.142. The summed E-state index contributed by atoms with van der Waals surface area (Å²) in [5, 5.41) is 17.5. The maximum Gasteiger partial charge on any atom is 0.306 e. The van der Waals surface area contributed by atoms with E-state index in [1.165, 1.54) is 12.1 Å². The molecule has 0 saturated heterocycles. The Bertz CT molecular complexity index is 321. The van der Waals surface area contributed by atoms with Crippen LogP contribution in [0.2, 0.25) is 0 Å². The molecular weight excluding hydrogens is 199 g/mol. The van der Waals surface area contributed by atoms with E-state index in [0.29, 0.717) is 6.42 Å². The zero-order valence-corrected chi connectivity index (χ0v) is 8.19. The summed E-state index contributed by atoms with van der Waals surface area (Å²) in [5.74, 6) is -1.89. The summed E-state index contributed by atoms with van der Waals surface area (Å²) in [5.41, 5.74) is 0.761. The van der Waals surface area contributed by atoms with Gasteiger partial charge in [0.05, 0.1) is 5.92 Å². The first-order valence-electron chi connectivity index (χ1n) is 4.71. The maximum atomic E-state index is 12.6. The molecule has 0 aromatic heterocycles. The molecule has 0 saturated carbocycles. The fourth-order valence-electron chi connectivity index (χ4n) is 1.37. The first-order chi connectivity index (χ1) is 7.13. The average Bonchev–Trinajstić information content (AvgIpc) is 2.20. The number of carbonyl (C=O) groups is 1. The van der Waals surface area contributed by atoms with Crippen molar-refractivity contribution in [3.05, 3.63) is 35.6 Å². The normalized spacial score (nSPS) is 12.4. The van der Waals surface area contributed by atoms with Crippen LogP contribution in [-0.4, -0.2) is 22.8 Å². The molecule has 1 aromatic rings. The van der Waals surface area contributed by atoms with Crippen LogP contribution in [0.4, 0.5) is 4.39 Å². The minimum atomic E-state index is -0.937. The Hall–Kier alpha value is -1.42. The summed E-state index contributed by atoms with van der Waals surface area (Å²) in [6.07, 6.45) is 0.531. The van der Waals surface area contributed by atoms with E-state index in [-0.39, 0.29) is 18.8 Å². The molecule has 0 amide bonds. The van der Waals surface area contributed by atoms with Crippen molar-refractivity contribution in [3.8, 4) is 0 Å². The highest BCUT2D eigenvalue weighted by atomic mass is 19.1. The summed E-state index contributed by atoms with van der Waals surface area (Å²) in [7, 11) is 0. The summed E-state index contributed by atoms with van der Waals surface area (Å²) >= 11 is 0. The number of carboxylic acid groups (broad SMARTS) is 1. The van der Waals surface area contributed by atoms with Crippen molar-refractivity contribution in [2.75, 3.05) is 6.61 Å². The zero-order valence-electron chi connectivity index (χ0n) is 8.19. The fraction of sp³-hybridized carbons (Fsp3) is 0.364. The van der Waals surface area contributed by atoms with Gasteiger partial charge in [0.15, 0.2) is 0 Å². The molecule has 1 unspecified atom stereocenters. The predicted octanol–water partition coefficient (Wildman–Crippen LogP) is 1.45. The number of hydrogen-bond donors (Lipinski definition) is 2. The largest absolute Gasteiger partial charge is 0.481 e. The molecule has 0 spiro atoms. The van der Waals surface area contributed by atoms with Crippen LogP contribution in [0.15, 0.2) is 24.3 Å². The van der Waals surface area contributed by atoms with Gasteiger partial charge in [0, 0.05) is 6.61 Å². The lowest BCUT2D eigenvalue weighted by Crippen LogP contribution is -2.17. The van der Waals surface area contributed by atoms with Crippen molar-refractivity contribution in [2.45, 2.75) is 12.8 Å². The molecule has 1 atom stereocenters. The standard InChI is InChI=1S/C11H13FO3/c12-10-3-1-8(2-4-10)7-9(5-6-13)11(14)15/h1-4,9,13H,5-7H2,(H,14,15). The van der Waals surface area contributed by atoms with Crippen LogP contribution < -0.4 is 0 Å². The molecule has 0 fully saturated rings. The van der Waals surface area contributed by atoms with Gasteiger partial charge in [0.1, 0.15) is 5.82 Å². The van der Waals surface area contributed by atoms with Gasteiger partial charge >= 0.3 is 5.97 Å². The Labute approximate surface area is 87.2 Å². The Morgan fingerprint density at radius 3 is 2.40 bits per heavy atom. The first-order valence-corrected chi connectivity index (χ1v) is 4.71. The molecule has 1 rings (SSSR count). The SMILES string of the molecule is O=C(O)C(CCO)Cc1ccc(F)cc1. The summed E-state index contributed by atoms with van der Waals surface area (Å²) in [6, 6.07) is 5.71. The summed E-state index contributed by atoms with van der Waals surface area (Å²) in [4.78, 5) is 10.8. The number of aliphatic hydroxyl groups is 1. The van der Waals surface area contributed by atoms with Crippen molar-refractivity contribution in [3.63, 3.8) is 0 Å². The molecule has 3 nitrogen and oxygen atoms in total. The second kappa shape index (κ2) is 5.46. The van der Waals surface area contributed by atoms with E-state index < -0.39 is 11.9 Å². The lowest BCUT2D eigenvalue weighted by atomic mass is 9.97. The van der Waals surface area contributed by atoms with Crippen molar-refractivity contribution >= 4 is 5.97 Å². The smallest absolute Gasteiger partial charge is 0.306 e. The van der Waals surface area contributed by atoms with Gasteiger partial charge in [-0.15, -0.1) is 0 Å². The third-order valence-electron chi connectivity index (χ3n) is 2.22. The summed E-state index contributed by atoms with van der Waals surface area (Å²) in [6.45, 7) is -0.155. The molecule has 0 bridgehead atoms. The number of benzene rings is 1. The molecule has 0 heterocycles. The quantitative estimate of drug-likeness (QED) is 0.776. The number of carboxylic acids is 1. The van der Waals surface area contributed by atoms with Crippen molar-refractivity contribution in [2.24, 2.45) is 5.92 Å². The number of rotatable bonds is 5. The van der Waals surface area contributed by atoms with E-state index in [1.807, 2.05) is 0 Å². The number of halogens is 1. The fourth-order valence-corrected chi connectivity index (χ4v) is 1.37. The third-order valence-corrected chi connectivity index (χ3v) is 2.22. The number of aliphatic carboxylic acids is 1. The van der Waals surface area contributed by atoms with Gasteiger partial charge in [0.25, 0.3) is 0 Å². The van der Waals surface area contributed by atoms with Gasteiger partial charge in [-0.05, 0) is 30.5 Å². The minimum absolute atomic E-state index is 0.155. The molecule has 1 aromatic carbocycles. The van der Waals surface area contributed by atoms with Crippen LogP contribution in [0, 0.1) is 11.7 Å². The summed E-state index contributed by atoms with van der Waals surface area (Å²) < 4.78 is 12.6. The van der Waals surface area contributed by atoms with Crippen LogP contribution >= 0.6 is 0 Å². The third kappa shape index (κ3) is 3.67. The van der Waals surface area contributed by atoms with E-state index >= 15 is 0 Å². The minimum Gasteiger partial charge on any atom is -0.481 e. The number of hydrogen-bond acceptors (Lipinski definition) is 2. The van der Waals surface area contributed by atoms with E-state index in [0.717, 1.165) is 5.56 Å². The Morgan fingerprint density at radius 1 is 1.33 bits per heavy atom. The Balaban J connectivity index is 2.65. The van der Waals surface area contributed by atoms with Crippen molar-refractivity contribution in [1.82, 2.24) is 0 Å². The Kier molecular flexibility index (Phi) is 4.24. The number of aliphatic hydroxyl groups excluding tert-OH is 1. The van der Waals surface area contributed by atoms with Crippen LogP contribution in [0.1, 0.15) is 12.0 Å². The van der Waals surface area contributed by atoms with Gasteiger partial charge in [-0.1, -0.05) is 12.1 Å². The monoisotopic (exact) mass is 212 g/mol. The first kappa shape index (κ1) is 11.7. The van der Waals surface area contributed by atoms with Gasteiger partial charge in [-0.25, -0.2) is 4.39 Å². The topological polar surface area (TPSA) is 57.5 Å². The second-order valence-corrected chi connectivity index (χ2v) is 3.38. The molecule has 0 aliphatic carbocycles. The van der Waals surface area contributed by atoms with Crippen molar-refractivity contribution in [1.29, 1.82) is 0 Å². The van der Waals surface area contributed by atoms with Gasteiger partial charge < -0.3 is 10.2 Å². The van der Waals surface area contributed by atoms with E-state index in [9.17, 15) is 9.18 Å². The molecule has 0 aliphatic heterocycles. The van der Waals surface area contributed by atoms with E-state index in [2.05, 4.69) is 0 Å². The Morgan fingerprint density at radius 2 is 1.93 bits per heavy atom.